The van der Waals surface area contributed by atoms with Gasteiger partial charge in [0, 0.05) is 6.61 Å². The first-order chi connectivity index (χ1) is 4.31. The molecule has 0 unspecified atom stereocenters. The van der Waals surface area contributed by atoms with Gasteiger partial charge in [-0.1, -0.05) is 6.92 Å². The summed E-state index contributed by atoms with van der Waals surface area (Å²) in [5.41, 5.74) is 0. The van der Waals surface area contributed by atoms with Crippen LogP contribution in [0.2, 0.25) is 0 Å². The molecule has 0 N–H and O–H groups in total. The Hall–Kier alpha value is -0.810. The van der Waals surface area contributed by atoms with Gasteiger partial charge in [-0.2, -0.15) is 0 Å². The van der Waals surface area contributed by atoms with Crippen LogP contribution < -0.4 is 0 Å². The smallest absolute Gasteiger partial charge is 0.230 e. The topological polar surface area (TPSA) is 26.3 Å². The molecule has 2 heteroatoms. The first-order valence-corrected chi connectivity index (χ1v) is 2.88. The lowest BCUT2D eigenvalue weighted by Gasteiger charge is -1.94. The Balaban J connectivity index is 3.10. The Labute approximate surface area is 55.2 Å². The zero-order valence-corrected chi connectivity index (χ0v) is 5.52. The molecule has 0 heterocycles. The average Bonchev–Trinajstić information content (AvgIpc) is 1.89. The largest absolute Gasteiger partial charge is 0.373 e. The van der Waals surface area contributed by atoms with Crippen LogP contribution in [0.25, 0.3) is 0 Å². The van der Waals surface area contributed by atoms with Crippen LogP contribution in [0.1, 0.15) is 13.3 Å². The second-order valence-electron chi connectivity index (χ2n) is 1.62. The Bertz CT molecular complexity index is 121. The quantitative estimate of drug-likeness (QED) is 0.313. The minimum atomic E-state index is -0.288. The number of terminal acetylenes is 1. The van der Waals surface area contributed by atoms with Crippen molar-refractivity contribution in [1.82, 2.24) is 0 Å². The van der Waals surface area contributed by atoms with Crippen LogP contribution in [-0.2, 0) is 9.53 Å². The van der Waals surface area contributed by atoms with Gasteiger partial charge in [0.1, 0.15) is 6.61 Å². The maximum Gasteiger partial charge on any atom is 0.230 e. The molecule has 0 bridgehead atoms. The molecule has 0 atom stereocenters. The Kier molecular flexibility index (Phi) is 4.85. The third-order valence-electron chi connectivity index (χ3n) is 0.743. The normalized spacial score (nSPS) is 8.44. The zero-order valence-electron chi connectivity index (χ0n) is 5.52. The summed E-state index contributed by atoms with van der Waals surface area (Å²) in [5, 5.41) is 0. The van der Waals surface area contributed by atoms with Gasteiger partial charge in [0.2, 0.25) is 5.78 Å². The van der Waals surface area contributed by atoms with Gasteiger partial charge < -0.3 is 4.74 Å². The van der Waals surface area contributed by atoms with E-state index < -0.39 is 0 Å². The van der Waals surface area contributed by atoms with Crippen molar-refractivity contribution in [2.24, 2.45) is 0 Å². The van der Waals surface area contributed by atoms with Crippen molar-refractivity contribution in [3.8, 4) is 12.3 Å². The number of hydrogen-bond acceptors (Lipinski definition) is 2. The maximum absolute atomic E-state index is 10.3. The van der Waals surface area contributed by atoms with Gasteiger partial charge in [0.15, 0.2) is 0 Å². The van der Waals surface area contributed by atoms with Crippen molar-refractivity contribution in [1.29, 1.82) is 0 Å². The number of Topliss-reactive ketones (excluding diaryl/α,β-unsaturated/α-hetero) is 1. The summed E-state index contributed by atoms with van der Waals surface area (Å²) >= 11 is 0. The Morgan fingerprint density at radius 3 is 2.89 bits per heavy atom. The molecular weight excluding hydrogens is 116 g/mol. The van der Waals surface area contributed by atoms with E-state index in [4.69, 9.17) is 11.2 Å². The SMILES string of the molecule is C#CC(=O)COCCC. The fourth-order valence-corrected chi connectivity index (χ4v) is 0.351. The van der Waals surface area contributed by atoms with E-state index in [0.29, 0.717) is 6.61 Å². The lowest BCUT2D eigenvalue weighted by atomic mass is 10.4. The van der Waals surface area contributed by atoms with E-state index in [0.717, 1.165) is 6.42 Å². The summed E-state index contributed by atoms with van der Waals surface area (Å²) in [6, 6.07) is 0. The van der Waals surface area contributed by atoms with Gasteiger partial charge in [-0.15, -0.1) is 6.42 Å². The molecule has 0 fully saturated rings. The predicted octanol–water partition coefficient (Wildman–Crippen LogP) is 0.615. The summed E-state index contributed by atoms with van der Waals surface area (Å²) in [5.74, 6) is 1.67. The molecule has 0 saturated heterocycles. The third kappa shape index (κ3) is 5.05. The first kappa shape index (κ1) is 8.19. The van der Waals surface area contributed by atoms with E-state index >= 15 is 0 Å². The van der Waals surface area contributed by atoms with E-state index in [1.54, 1.807) is 0 Å². The van der Waals surface area contributed by atoms with Crippen LogP contribution >= 0.6 is 0 Å². The van der Waals surface area contributed by atoms with E-state index in [1.807, 2.05) is 12.8 Å². The van der Waals surface area contributed by atoms with E-state index in [1.165, 1.54) is 0 Å². The molecule has 9 heavy (non-hydrogen) atoms. The fraction of sp³-hybridized carbons (Fsp3) is 0.571. The standard InChI is InChI=1S/C7H10O2/c1-3-5-9-6-7(8)4-2/h2H,3,5-6H2,1H3. The monoisotopic (exact) mass is 126 g/mol. The lowest BCUT2D eigenvalue weighted by molar-refractivity contribution is -0.118. The summed E-state index contributed by atoms with van der Waals surface area (Å²) in [6.45, 7) is 2.64. The van der Waals surface area contributed by atoms with Gasteiger partial charge in [0.05, 0.1) is 0 Å². The fourth-order valence-electron chi connectivity index (χ4n) is 0.351. The molecule has 0 aromatic carbocycles. The predicted molar refractivity (Wildman–Crippen MR) is 34.9 cm³/mol. The minimum absolute atomic E-state index is 0.0599. The van der Waals surface area contributed by atoms with Crippen LogP contribution in [0, 0.1) is 12.3 Å². The Morgan fingerprint density at radius 1 is 1.78 bits per heavy atom. The molecule has 0 amide bonds. The molecule has 2 nitrogen and oxygen atoms in total. The average molecular weight is 126 g/mol. The number of rotatable bonds is 4. The second-order valence-corrected chi connectivity index (χ2v) is 1.62. The van der Waals surface area contributed by atoms with Crippen LogP contribution in [0.4, 0.5) is 0 Å². The summed E-state index contributed by atoms with van der Waals surface area (Å²) in [6.07, 6.45) is 5.69. The van der Waals surface area contributed by atoms with Gasteiger partial charge in [-0.25, -0.2) is 0 Å². The number of carbonyl (C=O) groups excluding carboxylic acids is 1. The molecule has 0 aromatic rings. The molecule has 0 aliphatic heterocycles. The highest BCUT2D eigenvalue weighted by Crippen LogP contribution is 1.79. The highest BCUT2D eigenvalue weighted by atomic mass is 16.5. The number of ether oxygens (including phenoxy) is 1. The first-order valence-electron chi connectivity index (χ1n) is 2.88. The van der Waals surface area contributed by atoms with Crippen molar-refractivity contribution < 1.29 is 9.53 Å². The van der Waals surface area contributed by atoms with Crippen molar-refractivity contribution in [2.75, 3.05) is 13.2 Å². The van der Waals surface area contributed by atoms with Crippen molar-refractivity contribution >= 4 is 5.78 Å². The van der Waals surface area contributed by atoms with Gasteiger partial charge in [0.25, 0.3) is 0 Å². The minimum Gasteiger partial charge on any atom is -0.373 e. The van der Waals surface area contributed by atoms with Crippen molar-refractivity contribution in [2.45, 2.75) is 13.3 Å². The van der Waals surface area contributed by atoms with E-state index in [2.05, 4.69) is 0 Å². The highest BCUT2D eigenvalue weighted by molar-refractivity contribution is 5.95. The molecule has 0 aliphatic carbocycles. The van der Waals surface area contributed by atoms with Gasteiger partial charge in [-0.05, 0) is 12.3 Å². The number of hydrogen-bond donors (Lipinski definition) is 0. The molecular formula is C7H10O2. The zero-order chi connectivity index (χ0) is 7.11. The molecule has 0 rings (SSSR count). The Morgan fingerprint density at radius 2 is 2.44 bits per heavy atom. The van der Waals surface area contributed by atoms with Gasteiger partial charge >= 0.3 is 0 Å². The lowest BCUT2D eigenvalue weighted by Crippen LogP contribution is -2.05. The highest BCUT2D eigenvalue weighted by Gasteiger charge is 1.92. The summed E-state index contributed by atoms with van der Waals surface area (Å²) in [4.78, 5) is 10.3. The second kappa shape index (κ2) is 5.33. The van der Waals surface area contributed by atoms with Crippen LogP contribution in [0.3, 0.4) is 0 Å². The van der Waals surface area contributed by atoms with Crippen LogP contribution in [-0.4, -0.2) is 19.0 Å². The van der Waals surface area contributed by atoms with Gasteiger partial charge in [-0.3, -0.25) is 4.79 Å². The van der Waals surface area contributed by atoms with Crippen LogP contribution in [0.15, 0.2) is 0 Å². The summed E-state index contributed by atoms with van der Waals surface area (Å²) < 4.78 is 4.84. The number of ketones is 1. The van der Waals surface area contributed by atoms with Crippen molar-refractivity contribution in [3.05, 3.63) is 0 Å². The van der Waals surface area contributed by atoms with E-state index in [9.17, 15) is 4.79 Å². The summed E-state index contributed by atoms with van der Waals surface area (Å²) in [7, 11) is 0. The van der Waals surface area contributed by atoms with Crippen molar-refractivity contribution in [3.63, 3.8) is 0 Å². The molecule has 0 spiro atoms. The molecule has 0 aromatic heterocycles. The molecule has 0 saturated carbocycles. The third-order valence-corrected chi connectivity index (χ3v) is 0.743. The maximum atomic E-state index is 10.3. The van der Waals surface area contributed by atoms with Crippen LogP contribution in [0.5, 0.6) is 0 Å². The number of carbonyl (C=O) groups is 1. The molecule has 0 aliphatic rings. The molecule has 50 valence electrons. The molecule has 0 radical (unpaired) electrons. The van der Waals surface area contributed by atoms with E-state index in [-0.39, 0.29) is 12.4 Å².